The molecule has 0 spiro atoms. The highest BCUT2D eigenvalue weighted by atomic mass is 32.1. The summed E-state index contributed by atoms with van der Waals surface area (Å²) in [5.41, 5.74) is 2.14. The molecule has 16 heavy (non-hydrogen) atoms. The van der Waals surface area contributed by atoms with E-state index in [2.05, 4.69) is 5.32 Å². The average molecular weight is 239 g/mol. The molecule has 0 saturated heterocycles. The van der Waals surface area contributed by atoms with Gasteiger partial charge in [0.15, 0.2) is 5.78 Å². The van der Waals surface area contributed by atoms with Crippen molar-refractivity contribution in [3.8, 4) is 0 Å². The maximum absolute atomic E-state index is 11.9. The Bertz CT molecular complexity index is 382. The lowest BCUT2D eigenvalue weighted by molar-refractivity contribution is -0.109. The predicted octanol–water partition coefficient (Wildman–Crippen LogP) is 2.40. The van der Waals surface area contributed by atoms with E-state index in [9.17, 15) is 9.59 Å². The molecule has 0 saturated carbocycles. The number of rotatable bonds is 6. The van der Waals surface area contributed by atoms with Gasteiger partial charge >= 0.3 is 0 Å². The largest absolute Gasteiger partial charge is 0.355 e. The molecule has 1 aromatic rings. The van der Waals surface area contributed by atoms with Crippen molar-refractivity contribution in [1.29, 1.82) is 0 Å². The first-order valence-corrected chi connectivity index (χ1v) is 6.30. The Labute approximate surface area is 99.9 Å². The van der Waals surface area contributed by atoms with Crippen molar-refractivity contribution in [2.75, 3.05) is 0 Å². The Balaban J connectivity index is 2.98. The van der Waals surface area contributed by atoms with Crippen LogP contribution in [0.2, 0.25) is 0 Å². The summed E-state index contributed by atoms with van der Waals surface area (Å²) in [6.07, 6.45) is 1.51. The van der Waals surface area contributed by atoms with Crippen molar-refractivity contribution >= 4 is 23.5 Å². The molecular formula is C12H17NO2S. The Hall–Kier alpha value is -1.16. The summed E-state index contributed by atoms with van der Waals surface area (Å²) < 4.78 is 0. The topological polar surface area (TPSA) is 46.2 Å². The van der Waals surface area contributed by atoms with Crippen LogP contribution in [0, 0.1) is 5.92 Å². The minimum atomic E-state index is 0.0239. The van der Waals surface area contributed by atoms with Gasteiger partial charge < -0.3 is 5.32 Å². The van der Waals surface area contributed by atoms with Crippen LogP contribution in [0.5, 0.6) is 0 Å². The van der Waals surface area contributed by atoms with Gasteiger partial charge in [0.1, 0.15) is 0 Å². The summed E-state index contributed by atoms with van der Waals surface area (Å²) in [5.74, 6) is 0.218. The number of carbonyl (C=O) groups excluding carboxylic acids is 2. The quantitative estimate of drug-likeness (QED) is 0.612. The van der Waals surface area contributed by atoms with E-state index in [-0.39, 0.29) is 11.7 Å². The molecule has 0 atom stereocenters. The summed E-state index contributed by atoms with van der Waals surface area (Å²) in [6, 6.07) is 0. The molecule has 1 aromatic heterocycles. The van der Waals surface area contributed by atoms with Gasteiger partial charge in [0, 0.05) is 12.5 Å². The molecule has 0 fully saturated rings. The molecule has 0 unspecified atom stereocenters. The maximum Gasteiger partial charge on any atom is 0.207 e. The zero-order valence-electron chi connectivity index (χ0n) is 9.87. The van der Waals surface area contributed by atoms with Crippen LogP contribution in [0.4, 0.5) is 0 Å². The molecule has 0 aromatic carbocycles. The maximum atomic E-state index is 11.9. The Morgan fingerprint density at radius 1 is 1.56 bits per heavy atom. The number of nitrogens with one attached hydrogen (secondary N) is 1. The highest BCUT2D eigenvalue weighted by Gasteiger charge is 2.18. The second-order valence-corrected chi connectivity index (χ2v) is 4.82. The Morgan fingerprint density at radius 3 is 2.75 bits per heavy atom. The first kappa shape index (κ1) is 12.9. The molecule has 0 aliphatic heterocycles. The second kappa shape index (κ2) is 5.80. The van der Waals surface area contributed by atoms with Crippen molar-refractivity contribution in [1.82, 2.24) is 5.32 Å². The number of amides is 1. The van der Waals surface area contributed by atoms with Crippen LogP contribution in [0.15, 0.2) is 5.38 Å². The van der Waals surface area contributed by atoms with Crippen LogP contribution in [0.1, 0.15) is 41.6 Å². The fraction of sp³-hybridized carbons (Fsp3) is 0.500. The first-order chi connectivity index (χ1) is 7.61. The molecule has 88 valence electrons. The molecule has 4 heteroatoms. The summed E-state index contributed by atoms with van der Waals surface area (Å²) in [5, 5.41) is 4.60. The SMILES string of the molecule is CCc1c(CNC=O)csc1C(=O)C(C)C. The van der Waals surface area contributed by atoms with Crippen molar-refractivity contribution in [2.24, 2.45) is 5.92 Å². The molecule has 1 amide bonds. The number of hydrogen-bond donors (Lipinski definition) is 1. The lowest BCUT2D eigenvalue weighted by atomic mass is 10.0. The number of Topliss-reactive ketones (excluding diaryl/α,β-unsaturated/α-hetero) is 1. The summed E-state index contributed by atoms with van der Waals surface area (Å²) in [6.45, 7) is 6.35. The van der Waals surface area contributed by atoms with Gasteiger partial charge in [0.25, 0.3) is 0 Å². The average Bonchev–Trinajstić information content (AvgIpc) is 2.67. The van der Waals surface area contributed by atoms with E-state index in [1.807, 2.05) is 26.2 Å². The fourth-order valence-corrected chi connectivity index (χ4v) is 2.83. The van der Waals surface area contributed by atoms with E-state index in [1.165, 1.54) is 11.3 Å². The van der Waals surface area contributed by atoms with E-state index in [1.54, 1.807) is 0 Å². The lowest BCUT2D eigenvalue weighted by Crippen LogP contribution is -2.12. The monoisotopic (exact) mass is 239 g/mol. The van der Waals surface area contributed by atoms with E-state index >= 15 is 0 Å². The summed E-state index contributed by atoms with van der Waals surface area (Å²) in [7, 11) is 0. The predicted molar refractivity (Wildman–Crippen MR) is 65.8 cm³/mol. The van der Waals surface area contributed by atoms with Gasteiger partial charge in [-0.3, -0.25) is 9.59 Å². The summed E-state index contributed by atoms with van der Waals surface area (Å²) in [4.78, 5) is 23.0. The molecule has 0 radical (unpaired) electrons. The van der Waals surface area contributed by atoms with Gasteiger partial charge in [0.05, 0.1) is 4.88 Å². The van der Waals surface area contributed by atoms with Gasteiger partial charge in [-0.15, -0.1) is 11.3 Å². The molecule has 0 aliphatic rings. The van der Waals surface area contributed by atoms with Gasteiger partial charge in [-0.1, -0.05) is 20.8 Å². The third-order valence-electron chi connectivity index (χ3n) is 2.46. The van der Waals surface area contributed by atoms with Gasteiger partial charge in [0.2, 0.25) is 6.41 Å². The van der Waals surface area contributed by atoms with Crippen LogP contribution >= 0.6 is 11.3 Å². The van der Waals surface area contributed by atoms with Crippen LogP contribution in [0.25, 0.3) is 0 Å². The number of thiophene rings is 1. The fourth-order valence-electron chi connectivity index (χ4n) is 1.57. The minimum absolute atomic E-state index is 0.0239. The molecule has 3 nitrogen and oxygen atoms in total. The Morgan fingerprint density at radius 2 is 2.25 bits per heavy atom. The van der Waals surface area contributed by atoms with Crippen LogP contribution in [-0.4, -0.2) is 12.2 Å². The van der Waals surface area contributed by atoms with Crippen molar-refractivity contribution in [2.45, 2.75) is 33.7 Å². The number of carbonyl (C=O) groups is 2. The van der Waals surface area contributed by atoms with Gasteiger partial charge in [-0.25, -0.2) is 0 Å². The smallest absolute Gasteiger partial charge is 0.207 e. The van der Waals surface area contributed by atoms with Crippen LogP contribution in [0.3, 0.4) is 0 Å². The summed E-state index contributed by atoms with van der Waals surface area (Å²) >= 11 is 1.48. The van der Waals surface area contributed by atoms with Crippen molar-refractivity contribution < 1.29 is 9.59 Å². The zero-order valence-corrected chi connectivity index (χ0v) is 10.7. The van der Waals surface area contributed by atoms with E-state index in [4.69, 9.17) is 0 Å². The van der Waals surface area contributed by atoms with Crippen molar-refractivity contribution in [3.63, 3.8) is 0 Å². The third kappa shape index (κ3) is 2.70. The van der Waals surface area contributed by atoms with Gasteiger partial charge in [-0.2, -0.15) is 0 Å². The van der Waals surface area contributed by atoms with E-state index < -0.39 is 0 Å². The highest BCUT2D eigenvalue weighted by molar-refractivity contribution is 7.12. The second-order valence-electron chi connectivity index (χ2n) is 3.94. The molecule has 1 rings (SSSR count). The Kier molecular flexibility index (Phi) is 4.68. The third-order valence-corrected chi connectivity index (χ3v) is 3.54. The zero-order chi connectivity index (χ0) is 12.1. The van der Waals surface area contributed by atoms with E-state index in [0.29, 0.717) is 13.0 Å². The molecular weight excluding hydrogens is 222 g/mol. The highest BCUT2D eigenvalue weighted by Crippen LogP contribution is 2.26. The lowest BCUT2D eigenvalue weighted by Gasteiger charge is -2.06. The minimum Gasteiger partial charge on any atom is -0.355 e. The number of ketones is 1. The molecule has 0 bridgehead atoms. The number of hydrogen-bond acceptors (Lipinski definition) is 3. The van der Waals surface area contributed by atoms with Crippen molar-refractivity contribution in [3.05, 3.63) is 21.4 Å². The molecule has 1 N–H and O–H groups in total. The van der Waals surface area contributed by atoms with E-state index in [0.717, 1.165) is 22.4 Å². The van der Waals surface area contributed by atoms with Crippen LogP contribution < -0.4 is 5.32 Å². The normalized spacial score (nSPS) is 10.5. The van der Waals surface area contributed by atoms with Gasteiger partial charge in [-0.05, 0) is 22.9 Å². The molecule has 1 heterocycles. The molecule has 0 aliphatic carbocycles. The first-order valence-electron chi connectivity index (χ1n) is 5.42. The standard InChI is InChI=1S/C12H17NO2S/c1-4-10-9(5-13-7-14)6-16-12(10)11(15)8(2)3/h6-8H,4-5H2,1-3H3,(H,13,14). The van der Waals surface area contributed by atoms with Crippen LogP contribution in [-0.2, 0) is 17.8 Å².